The van der Waals surface area contributed by atoms with Gasteiger partial charge in [-0.05, 0) is 0 Å². The van der Waals surface area contributed by atoms with E-state index in [0.717, 1.165) is 0 Å². The van der Waals surface area contributed by atoms with Crippen molar-refractivity contribution in [3.63, 3.8) is 0 Å². The molecule has 0 atom stereocenters. The van der Waals surface area contributed by atoms with Gasteiger partial charge in [-0.2, -0.15) is 0 Å². The summed E-state index contributed by atoms with van der Waals surface area (Å²) in [5, 5.41) is 21.7. The first-order valence-electron chi connectivity index (χ1n) is 8.71. The minimum absolute atomic E-state index is 1.42. The molecule has 0 spiro atoms. The zero-order valence-electron chi connectivity index (χ0n) is 17.8. The largest absolute Gasteiger partial charge is 0.889 e. The van der Waals surface area contributed by atoms with Gasteiger partial charge in [-0.1, -0.05) is 12.6 Å². The molecule has 180 valence electrons. The van der Waals surface area contributed by atoms with Crippen LogP contribution in [0.2, 0.25) is 0 Å². The van der Waals surface area contributed by atoms with E-state index in [1.807, 2.05) is 0 Å². The molecule has 0 aliphatic rings. The highest BCUT2D eigenvalue weighted by Crippen LogP contribution is 2.34. The van der Waals surface area contributed by atoms with Crippen molar-refractivity contribution in [1.29, 1.82) is 0 Å². The molecule has 0 unspecified atom stereocenters. The van der Waals surface area contributed by atoms with Gasteiger partial charge in [-0.25, -0.2) is 39.5 Å². The Labute approximate surface area is 178 Å². The van der Waals surface area contributed by atoms with Crippen LogP contribution < -0.4 is 25.3 Å². The summed E-state index contributed by atoms with van der Waals surface area (Å²) in [6.45, 7) is 0. The zero-order chi connectivity index (χ0) is 25.7. The van der Waals surface area contributed by atoms with Crippen LogP contribution in [0, 0.1) is 52.4 Å². The molecule has 0 aliphatic carbocycles. The monoisotopic (exact) mass is 478 g/mol. The van der Waals surface area contributed by atoms with Crippen molar-refractivity contribution >= 4 is 12.6 Å². The van der Waals surface area contributed by atoms with Crippen molar-refractivity contribution in [2.45, 2.75) is 0 Å². The molecule has 14 heteroatoms. The van der Waals surface area contributed by atoms with Gasteiger partial charge in [0.05, 0.1) is 47.8 Å². The van der Waals surface area contributed by atoms with E-state index in [1.54, 1.807) is 0 Å². The molecule has 2 N–H and O–H groups in total. The zero-order valence-corrected chi connectivity index (χ0v) is 17.8. The smallest absolute Gasteiger partial charge is 0.200 e. The molecule has 2 aromatic rings. The maximum absolute atomic E-state index is 13.7. The lowest BCUT2D eigenvalue weighted by molar-refractivity contribution is -0.836. The normalized spacial score (nSPS) is 10.6. The van der Waals surface area contributed by atoms with Gasteiger partial charge in [0, 0.05) is 5.56 Å². The van der Waals surface area contributed by atoms with Gasteiger partial charge in [-0.15, -0.1) is 0 Å². The Kier molecular flexibility index (Phi) is 11.2. The van der Waals surface area contributed by atoms with Crippen LogP contribution in [0.15, 0.2) is 0 Å². The van der Waals surface area contributed by atoms with Crippen molar-refractivity contribution < 1.29 is 59.4 Å². The quantitative estimate of drug-likeness (QED) is 0.240. The van der Waals surface area contributed by atoms with E-state index in [-0.39, 0.29) is 0 Å². The molecule has 0 radical (unpaired) electrons. The summed E-state index contributed by atoms with van der Waals surface area (Å²) >= 11 is 0. The lowest BCUT2D eigenvalue weighted by Gasteiger charge is -2.30. The van der Waals surface area contributed by atoms with Crippen LogP contribution in [0.1, 0.15) is 0 Å². The molecule has 0 saturated heterocycles. The van der Waals surface area contributed by atoms with E-state index in [0.29, 0.717) is 0 Å². The number of hydrogen-bond donors (Lipinski definition) is 2. The maximum atomic E-state index is 13.7. The van der Waals surface area contributed by atoms with E-state index >= 15 is 0 Å². The molecule has 4 nitrogen and oxygen atoms in total. The standard InChI is InChI=1S/C12BF9O2.2C3H9N/c14-4-1(3(13(23)24)7(17)11(21)8(4)18)2-5(15)9(19)12(22)10(20)6(2)16;2*1-4(2)3/h;2*1-3H3/q-2;;/p+2. The van der Waals surface area contributed by atoms with Crippen molar-refractivity contribution in [3.8, 4) is 11.1 Å². The first kappa shape index (κ1) is 29.7. The minimum atomic E-state index is -3.67. The summed E-state index contributed by atoms with van der Waals surface area (Å²) in [4.78, 5) is 2.83. The van der Waals surface area contributed by atoms with E-state index < -0.39 is 76.1 Å². The fraction of sp³-hybridized carbons (Fsp3) is 0.333. The van der Waals surface area contributed by atoms with Crippen LogP contribution in [0.5, 0.6) is 0 Å². The topological polar surface area (TPSA) is 55.0 Å². The third-order valence-corrected chi connectivity index (χ3v) is 3.00. The molecule has 32 heavy (non-hydrogen) atoms. The average molecular weight is 478 g/mol. The Hall–Kier alpha value is -2.29. The first-order valence-corrected chi connectivity index (χ1v) is 8.71. The van der Waals surface area contributed by atoms with Crippen LogP contribution in [-0.4, -0.2) is 49.4 Å². The first-order chi connectivity index (χ1) is 14.5. The van der Waals surface area contributed by atoms with Gasteiger partial charge in [0.15, 0.2) is 46.5 Å². The molecule has 0 saturated carbocycles. The van der Waals surface area contributed by atoms with E-state index in [9.17, 15) is 49.6 Å². The van der Waals surface area contributed by atoms with Crippen molar-refractivity contribution in [2.24, 2.45) is 0 Å². The van der Waals surface area contributed by atoms with Gasteiger partial charge >= 0.3 is 0 Å². The number of halogens is 9. The van der Waals surface area contributed by atoms with Gasteiger partial charge in [-0.3, -0.25) is 0 Å². The average Bonchev–Trinajstić information content (AvgIpc) is 2.66. The van der Waals surface area contributed by atoms with E-state index in [1.165, 1.54) is 9.80 Å². The molecule has 0 aromatic heterocycles. The Balaban J connectivity index is 0.00000104. The second-order valence-corrected chi connectivity index (χ2v) is 7.32. The summed E-state index contributed by atoms with van der Waals surface area (Å²) < 4.78 is 120. The molecule has 2 rings (SSSR count). The van der Waals surface area contributed by atoms with Gasteiger partial charge in [0.1, 0.15) is 0 Å². The maximum Gasteiger partial charge on any atom is 0.200 e. The molecule has 0 bridgehead atoms. The van der Waals surface area contributed by atoms with Crippen LogP contribution >= 0.6 is 0 Å². The van der Waals surface area contributed by atoms with Crippen molar-refractivity contribution in [1.82, 2.24) is 0 Å². The Bertz CT molecular complexity index is 917. The van der Waals surface area contributed by atoms with Crippen molar-refractivity contribution in [2.75, 3.05) is 42.3 Å². The molecular formula is C18H20BF9N2O2. The van der Waals surface area contributed by atoms with Crippen LogP contribution in [0.3, 0.4) is 0 Å². The summed E-state index contributed by atoms with van der Waals surface area (Å²) in [6, 6.07) is 0. The lowest BCUT2D eigenvalue weighted by Crippen LogP contribution is -3.02. The molecule has 0 aliphatic heterocycles. The minimum Gasteiger partial charge on any atom is -0.889 e. The molecule has 2 aromatic carbocycles. The predicted octanol–water partition coefficient (Wildman–Crippen LogP) is -1.46. The SMILES string of the molecule is C[NH+](C)C.C[NH+](C)C.[O-]B([O-])c1c(F)c(F)c(F)c(F)c1-c1c(F)c(F)c(F)c(F)c1F. The van der Waals surface area contributed by atoms with Crippen molar-refractivity contribution in [3.05, 3.63) is 52.4 Å². The van der Waals surface area contributed by atoms with Gasteiger partial charge in [0.2, 0.25) is 5.82 Å². The van der Waals surface area contributed by atoms with E-state index in [2.05, 4.69) is 42.3 Å². The number of benzene rings is 2. The second kappa shape index (κ2) is 12.1. The number of rotatable bonds is 2. The number of nitrogens with one attached hydrogen (secondary N) is 2. The highest BCUT2D eigenvalue weighted by atomic mass is 19.2. The van der Waals surface area contributed by atoms with Gasteiger partial charge < -0.3 is 19.8 Å². The molecule has 0 amide bonds. The van der Waals surface area contributed by atoms with Crippen LogP contribution in [0.4, 0.5) is 39.5 Å². The number of quaternary nitrogens is 2. The fourth-order valence-electron chi connectivity index (χ4n) is 1.94. The Morgan fingerprint density at radius 3 is 0.938 bits per heavy atom. The molecular weight excluding hydrogens is 458 g/mol. The summed E-state index contributed by atoms with van der Waals surface area (Å²) in [5.74, 6) is -24.1. The van der Waals surface area contributed by atoms with Gasteiger partial charge in [0.25, 0.3) is 0 Å². The lowest BCUT2D eigenvalue weighted by atomic mass is 9.74. The third kappa shape index (κ3) is 6.86. The number of hydrogen-bond acceptors (Lipinski definition) is 2. The van der Waals surface area contributed by atoms with E-state index in [4.69, 9.17) is 0 Å². The molecule has 0 fully saturated rings. The Morgan fingerprint density at radius 1 is 0.438 bits per heavy atom. The van der Waals surface area contributed by atoms with Crippen LogP contribution in [0.25, 0.3) is 11.1 Å². The summed E-state index contributed by atoms with van der Waals surface area (Å²) in [6.07, 6.45) is 0. The third-order valence-electron chi connectivity index (χ3n) is 3.00. The highest BCUT2D eigenvalue weighted by Gasteiger charge is 2.33. The molecule has 0 heterocycles. The predicted molar refractivity (Wildman–Crippen MR) is 94.4 cm³/mol. The highest BCUT2D eigenvalue weighted by molar-refractivity contribution is 6.57. The fourth-order valence-corrected chi connectivity index (χ4v) is 1.94. The Morgan fingerprint density at radius 2 is 0.656 bits per heavy atom. The summed E-state index contributed by atoms with van der Waals surface area (Å²) in [5.41, 5.74) is -6.63. The summed E-state index contributed by atoms with van der Waals surface area (Å²) in [7, 11) is 8.83. The van der Waals surface area contributed by atoms with Crippen LogP contribution in [-0.2, 0) is 0 Å². The second-order valence-electron chi connectivity index (χ2n) is 7.32.